The van der Waals surface area contributed by atoms with Crippen molar-refractivity contribution >= 4 is 17.3 Å². The number of fused-ring (bicyclic) bond motifs is 1. The summed E-state index contributed by atoms with van der Waals surface area (Å²) in [6.07, 6.45) is 0.564. The molecule has 92 valence electrons. The molecule has 5 nitrogen and oxygen atoms in total. The molecule has 0 bridgehead atoms. The molecule has 0 fully saturated rings. The molecule has 0 unspecified atom stereocenters. The van der Waals surface area contributed by atoms with Gasteiger partial charge in [-0.3, -0.25) is 4.79 Å². The minimum Gasteiger partial charge on any atom is -0.482 e. The van der Waals surface area contributed by atoms with E-state index in [4.69, 9.17) is 9.84 Å². The number of carbonyl (C=O) groups excluding carboxylic acids is 1. The standard InChI is InChI=1S/C12H16N2O3/c1-13-9-3-4-11-10(7-9)14(5-2-6-15)12(16)8-17-11/h3-4,7,13,15H,2,5-6,8H2,1H3. The average Bonchev–Trinajstić information content (AvgIpc) is 2.37. The molecule has 0 atom stereocenters. The Bertz CT molecular complexity index is 420. The van der Waals surface area contributed by atoms with E-state index in [-0.39, 0.29) is 19.1 Å². The quantitative estimate of drug-likeness (QED) is 0.813. The third-order valence-electron chi connectivity index (χ3n) is 2.73. The Morgan fingerprint density at radius 3 is 3.06 bits per heavy atom. The maximum Gasteiger partial charge on any atom is 0.265 e. The smallest absolute Gasteiger partial charge is 0.265 e. The number of rotatable bonds is 4. The van der Waals surface area contributed by atoms with Crippen molar-refractivity contribution in [3.05, 3.63) is 18.2 Å². The van der Waals surface area contributed by atoms with Gasteiger partial charge in [0.2, 0.25) is 0 Å². The normalized spacial score (nSPS) is 14.2. The minimum atomic E-state index is -0.0702. The van der Waals surface area contributed by atoms with E-state index >= 15 is 0 Å². The van der Waals surface area contributed by atoms with Gasteiger partial charge in [-0.15, -0.1) is 0 Å². The lowest BCUT2D eigenvalue weighted by Gasteiger charge is -2.29. The molecule has 0 saturated heterocycles. The summed E-state index contributed by atoms with van der Waals surface area (Å²) in [5, 5.41) is 11.9. The number of hydrogen-bond donors (Lipinski definition) is 2. The molecule has 0 aromatic heterocycles. The van der Waals surface area contributed by atoms with Crippen LogP contribution in [-0.2, 0) is 4.79 Å². The van der Waals surface area contributed by atoms with Gasteiger partial charge in [0.25, 0.3) is 5.91 Å². The lowest BCUT2D eigenvalue weighted by atomic mass is 10.2. The SMILES string of the molecule is CNc1ccc2c(c1)N(CCCO)C(=O)CO2. The number of benzene rings is 1. The first-order chi connectivity index (χ1) is 8.26. The van der Waals surface area contributed by atoms with Crippen LogP contribution in [0.5, 0.6) is 5.75 Å². The van der Waals surface area contributed by atoms with Crippen molar-refractivity contribution in [1.29, 1.82) is 0 Å². The van der Waals surface area contributed by atoms with E-state index in [1.807, 2.05) is 25.2 Å². The lowest BCUT2D eigenvalue weighted by molar-refractivity contribution is -0.121. The van der Waals surface area contributed by atoms with Gasteiger partial charge in [0.15, 0.2) is 6.61 Å². The molecule has 0 radical (unpaired) electrons. The van der Waals surface area contributed by atoms with Crippen molar-refractivity contribution in [3.8, 4) is 5.75 Å². The highest BCUT2D eigenvalue weighted by Gasteiger charge is 2.25. The van der Waals surface area contributed by atoms with E-state index in [2.05, 4.69) is 5.32 Å². The first-order valence-electron chi connectivity index (χ1n) is 5.62. The third kappa shape index (κ3) is 2.34. The summed E-state index contributed by atoms with van der Waals surface area (Å²) in [7, 11) is 1.82. The van der Waals surface area contributed by atoms with Gasteiger partial charge >= 0.3 is 0 Å². The number of aliphatic hydroxyl groups excluding tert-OH is 1. The van der Waals surface area contributed by atoms with E-state index in [9.17, 15) is 4.79 Å². The number of amides is 1. The predicted molar refractivity (Wildman–Crippen MR) is 65.5 cm³/mol. The van der Waals surface area contributed by atoms with E-state index < -0.39 is 0 Å². The van der Waals surface area contributed by atoms with Gasteiger partial charge in [-0.25, -0.2) is 0 Å². The Balaban J connectivity index is 2.31. The second-order valence-electron chi connectivity index (χ2n) is 3.84. The van der Waals surface area contributed by atoms with Gasteiger partial charge in [-0.05, 0) is 24.6 Å². The maximum atomic E-state index is 11.8. The third-order valence-corrected chi connectivity index (χ3v) is 2.73. The van der Waals surface area contributed by atoms with Crippen LogP contribution in [0.3, 0.4) is 0 Å². The van der Waals surface area contributed by atoms with Crippen molar-refractivity contribution in [2.45, 2.75) is 6.42 Å². The Morgan fingerprint density at radius 1 is 1.53 bits per heavy atom. The molecule has 1 aromatic rings. The number of hydrogen-bond acceptors (Lipinski definition) is 4. The van der Waals surface area contributed by atoms with Crippen LogP contribution >= 0.6 is 0 Å². The fourth-order valence-corrected chi connectivity index (χ4v) is 1.83. The molecule has 1 amide bonds. The molecule has 1 aliphatic heterocycles. The van der Waals surface area contributed by atoms with Gasteiger partial charge < -0.3 is 20.1 Å². The highest BCUT2D eigenvalue weighted by molar-refractivity contribution is 5.98. The van der Waals surface area contributed by atoms with Crippen LogP contribution in [-0.4, -0.2) is 37.8 Å². The minimum absolute atomic E-state index is 0.0668. The first kappa shape index (κ1) is 11.7. The summed E-state index contributed by atoms with van der Waals surface area (Å²) in [5.74, 6) is 0.640. The molecule has 0 saturated carbocycles. The number of nitrogens with one attached hydrogen (secondary N) is 1. The molecule has 1 heterocycles. The first-order valence-corrected chi connectivity index (χ1v) is 5.62. The van der Waals surface area contributed by atoms with Crippen LogP contribution in [0.2, 0.25) is 0 Å². The molecule has 17 heavy (non-hydrogen) atoms. The molecule has 0 spiro atoms. The molecule has 2 N–H and O–H groups in total. The van der Waals surface area contributed by atoms with Crippen molar-refractivity contribution < 1.29 is 14.6 Å². The lowest BCUT2D eigenvalue weighted by Crippen LogP contribution is -2.39. The van der Waals surface area contributed by atoms with Crippen LogP contribution in [0.4, 0.5) is 11.4 Å². The number of anilines is 2. The second kappa shape index (κ2) is 5.05. The van der Waals surface area contributed by atoms with E-state index in [0.29, 0.717) is 18.7 Å². The zero-order valence-electron chi connectivity index (χ0n) is 9.77. The molecule has 2 rings (SSSR count). The largest absolute Gasteiger partial charge is 0.482 e. The van der Waals surface area contributed by atoms with Gasteiger partial charge in [-0.2, -0.15) is 0 Å². The van der Waals surface area contributed by atoms with Crippen molar-refractivity contribution in [3.63, 3.8) is 0 Å². The van der Waals surface area contributed by atoms with Crippen LogP contribution in [0, 0.1) is 0 Å². The van der Waals surface area contributed by atoms with Crippen molar-refractivity contribution in [2.75, 3.05) is 37.0 Å². The van der Waals surface area contributed by atoms with Crippen molar-refractivity contribution in [1.82, 2.24) is 0 Å². The molecule has 0 aliphatic carbocycles. The predicted octanol–water partition coefficient (Wildman–Crippen LogP) is 0.836. The van der Waals surface area contributed by atoms with E-state index in [1.54, 1.807) is 4.90 Å². The molecule has 1 aliphatic rings. The van der Waals surface area contributed by atoms with Gasteiger partial charge in [0.1, 0.15) is 5.75 Å². The zero-order valence-corrected chi connectivity index (χ0v) is 9.77. The Hall–Kier alpha value is -1.75. The van der Waals surface area contributed by atoms with Gasteiger partial charge in [-0.1, -0.05) is 0 Å². The fourth-order valence-electron chi connectivity index (χ4n) is 1.83. The van der Waals surface area contributed by atoms with E-state index in [0.717, 1.165) is 11.4 Å². The summed E-state index contributed by atoms with van der Waals surface area (Å²) >= 11 is 0. The molecule has 5 heteroatoms. The van der Waals surface area contributed by atoms with Crippen LogP contribution < -0.4 is 15.0 Å². The molecule has 1 aromatic carbocycles. The van der Waals surface area contributed by atoms with Gasteiger partial charge in [0.05, 0.1) is 5.69 Å². The van der Waals surface area contributed by atoms with Gasteiger partial charge in [0, 0.05) is 25.9 Å². The maximum absolute atomic E-state index is 11.8. The number of ether oxygens (including phenoxy) is 1. The highest BCUT2D eigenvalue weighted by atomic mass is 16.5. The second-order valence-corrected chi connectivity index (χ2v) is 3.84. The highest BCUT2D eigenvalue weighted by Crippen LogP contribution is 2.34. The summed E-state index contributed by atoms with van der Waals surface area (Å²) in [5.41, 5.74) is 1.69. The number of nitrogens with zero attached hydrogens (tertiary/aromatic N) is 1. The van der Waals surface area contributed by atoms with Crippen LogP contribution in [0.15, 0.2) is 18.2 Å². The fraction of sp³-hybridized carbons (Fsp3) is 0.417. The van der Waals surface area contributed by atoms with E-state index in [1.165, 1.54) is 0 Å². The Morgan fingerprint density at radius 2 is 2.35 bits per heavy atom. The summed E-state index contributed by atoms with van der Waals surface area (Å²) in [6.45, 7) is 0.655. The average molecular weight is 236 g/mol. The number of aliphatic hydroxyl groups is 1. The zero-order chi connectivity index (χ0) is 12.3. The van der Waals surface area contributed by atoms with Crippen LogP contribution in [0.25, 0.3) is 0 Å². The Kier molecular flexibility index (Phi) is 3.49. The molecular formula is C12H16N2O3. The summed E-state index contributed by atoms with van der Waals surface area (Å²) < 4.78 is 5.36. The topological polar surface area (TPSA) is 61.8 Å². The summed E-state index contributed by atoms with van der Waals surface area (Å²) in [6, 6.07) is 5.63. The van der Waals surface area contributed by atoms with Crippen molar-refractivity contribution in [2.24, 2.45) is 0 Å². The molecular weight excluding hydrogens is 220 g/mol. The van der Waals surface area contributed by atoms with Crippen LogP contribution in [0.1, 0.15) is 6.42 Å². The number of carbonyl (C=O) groups is 1. The summed E-state index contributed by atoms with van der Waals surface area (Å²) in [4.78, 5) is 13.4. The Labute approximate surface area is 100.0 Å². The monoisotopic (exact) mass is 236 g/mol.